The Morgan fingerprint density at radius 2 is 0.903 bits per heavy atom. The SMILES string of the molecule is CC/C=C/C=C/C=C/C=C/C=C/C=C/C=C/CCCCCC(=O)OCC(COCCC(C(=O)O)[N+](C)(C)C)OC(=O)CCCCCCCCCCCCCCCCCCCCC. The van der Waals surface area contributed by atoms with Gasteiger partial charge in [0, 0.05) is 19.3 Å². The lowest BCUT2D eigenvalue weighted by atomic mass is 10.0. The Balaban J connectivity index is 4.37. The first kappa shape index (κ1) is 58.5. The molecule has 0 aliphatic carbocycles. The number of unbranched alkanes of at least 4 members (excludes halogenated alkanes) is 21. The van der Waals surface area contributed by atoms with E-state index in [9.17, 15) is 19.5 Å². The number of allylic oxidation sites excluding steroid dienone is 14. The van der Waals surface area contributed by atoms with Crippen LogP contribution in [0.2, 0.25) is 0 Å². The van der Waals surface area contributed by atoms with Crippen LogP contribution in [0.3, 0.4) is 0 Å². The number of carbonyl (C=O) groups excluding carboxylic acids is 2. The Bertz CT molecular complexity index is 1290. The average molecular weight is 867 g/mol. The first-order valence-corrected chi connectivity index (χ1v) is 24.7. The molecule has 62 heavy (non-hydrogen) atoms. The highest BCUT2D eigenvalue weighted by Crippen LogP contribution is 2.16. The van der Waals surface area contributed by atoms with Crippen molar-refractivity contribution in [2.45, 2.75) is 199 Å². The van der Waals surface area contributed by atoms with Gasteiger partial charge in [-0.3, -0.25) is 9.59 Å². The highest BCUT2D eigenvalue weighted by Gasteiger charge is 2.31. The standard InChI is InChI=1S/C54H91NO7/c1-6-8-10-12-14-16-18-20-22-24-26-28-30-32-34-36-38-40-42-44-52(56)61-49-50(48-60-47-46-51(54(58)59)55(3,4)5)62-53(57)45-43-41-39-37-35-33-31-29-27-25-23-21-19-17-15-13-11-9-7-2/h8,10,12,14,16,18,20,22,24,26,28,30,32,34,50-51H,6-7,9,11,13,15,17,19,21,23,25,27,29,31,33,35-49H2,1-5H3/p+1/b10-8+,14-12+,18-16+,22-20+,26-24+,30-28+,34-32+. The zero-order chi connectivity index (χ0) is 45.6. The van der Waals surface area contributed by atoms with Gasteiger partial charge >= 0.3 is 17.9 Å². The number of aliphatic carboxylic acids is 1. The van der Waals surface area contributed by atoms with Gasteiger partial charge in [0.15, 0.2) is 12.1 Å². The molecule has 0 rings (SSSR count). The number of carbonyl (C=O) groups is 3. The predicted octanol–water partition coefficient (Wildman–Crippen LogP) is 14.1. The van der Waals surface area contributed by atoms with Crippen LogP contribution in [0.4, 0.5) is 0 Å². The molecule has 2 atom stereocenters. The summed E-state index contributed by atoms with van der Waals surface area (Å²) in [4.78, 5) is 37.1. The molecule has 0 bridgehead atoms. The molecule has 0 amide bonds. The molecule has 0 saturated heterocycles. The monoisotopic (exact) mass is 867 g/mol. The van der Waals surface area contributed by atoms with Gasteiger partial charge in [0.1, 0.15) is 6.61 Å². The lowest BCUT2D eigenvalue weighted by Gasteiger charge is -2.31. The van der Waals surface area contributed by atoms with Crippen molar-refractivity contribution in [1.29, 1.82) is 0 Å². The zero-order valence-corrected chi connectivity index (χ0v) is 40.3. The van der Waals surface area contributed by atoms with E-state index < -0.39 is 18.1 Å². The highest BCUT2D eigenvalue weighted by atomic mass is 16.6. The number of nitrogens with zero attached hydrogens (tertiary/aromatic N) is 1. The zero-order valence-electron chi connectivity index (χ0n) is 40.3. The third-order valence-corrected chi connectivity index (χ3v) is 10.8. The molecule has 8 heteroatoms. The van der Waals surface area contributed by atoms with Gasteiger partial charge in [0.25, 0.3) is 0 Å². The summed E-state index contributed by atoms with van der Waals surface area (Å²) in [7, 11) is 5.51. The summed E-state index contributed by atoms with van der Waals surface area (Å²) in [6.07, 6.45) is 57.7. The van der Waals surface area contributed by atoms with Gasteiger partial charge in [-0.15, -0.1) is 0 Å². The summed E-state index contributed by atoms with van der Waals surface area (Å²) in [5.74, 6) is -1.53. The maximum absolute atomic E-state index is 12.8. The third kappa shape index (κ3) is 41.8. The van der Waals surface area contributed by atoms with Crippen LogP contribution < -0.4 is 0 Å². The summed E-state index contributed by atoms with van der Waals surface area (Å²) >= 11 is 0. The summed E-state index contributed by atoms with van der Waals surface area (Å²) in [6.45, 7) is 4.55. The molecule has 354 valence electrons. The summed E-state index contributed by atoms with van der Waals surface area (Å²) in [5.41, 5.74) is 0. The van der Waals surface area contributed by atoms with Crippen LogP contribution in [0.25, 0.3) is 0 Å². The van der Waals surface area contributed by atoms with Gasteiger partial charge in [-0.25, -0.2) is 4.79 Å². The molecule has 0 fully saturated rings. The Labute approximate surface area is 380 Å². The molecule has 0 spiro atoms. The van der Waals surface area contributed by atoms with E-state index in [2.05, 4.69) is 26.0 Å². The number of carboxylic acids is 1. The van der Waals surface area contributed by atoms with E-state index in [0.29, 0.717) is 19.3 Å². The van der Waals surface area contributed by atoms with Crippen LogP contribution >= 0.6 is 0 Å². The molecule has 0 saturated carbocycles. The number of rotatable bonds is 43. The van der Waals surface area contributed by atoms with E-state index in [-0.39, 0.29) is 36.2 Å². The molecule has 8 nitrogen and oxygen atoms in total. The van der Waals surface area contributed by atoms with E-state index in [1.807, 2.05) is 94.1 Å². The van der Waals surface area contributed by atoms with E-state index in [1.165, 1.54) is 103 Å². The van der Waals surface area contributed by atoms with Crippen LogP contribution in [0, 0.1) is 0 Å². The van der Waals surface area contributed by atoms with Crippen LogP contribution in [-0.4, -0.2) is 80.6 Å². The number of ether oxygens (including phenoxy) is 3. The molecule has 2 unspecified atom stereocenters. The molecule has 0 aromatic rings. The molecule has 1 N–H and O–H groups in total. The first-order valence-electron chi connectivity index (χ1n) is 24.7. The van der Waals surface area contributed by atoms with Gasteiger partial charge in [-0.2, -0.15) is 0 Å². The number of likely N-dealkylation sites (N-methyl/N-ethyl adjacent to an activating group) is 1. The number of hydrogen-bond acceptors (Lipinski definition) is 6. The molecular formula is C54H92NO7+. The highest BCUT2D eigenvalue weighted by molar-refractivity contribution is 5.72. The quantitative estimate of drug-likeness (QED) is 0.0282. The first-order chi connectivity index (χ1) is 30.1. The number of quaternary nitrogens is 1. The van der Waals surface area contributed by atoms with Crippen molar-refractivity contribution in [1.82, 2.24) is 0 Å². The smallest absolute Gasteiger partial charge is 0.362 e. The van der Waals surface area contributed by atoms with Crippen LogP contribution in [0.15, 0.2) is 85.1 Å². The van der Waals surface area contributed by atoms with Crippen LogP contribution in [-0.2, 0) is 28.6 Å². The van der Waals surface area contributed by atoms with E-state index in [1.54, 1.807) is 0 Å². The molecular weight excluding hydrogens is 775 g/mol. The fourth-order valence-electron chi connectivity index (χ4n) is 6.96. The predicted molar refractivity (Wildman–Crippen MR) is 261 cm³/mol. The van der Waals surface area contributed by atoms with Crippen molar-refractivity contribution in [3.8, 4) is 0 Å². The number of hydrogen-bond donors (Lipinski definition) is 1. The van der Waals surface area contributed by atoms with Crippen LogP contribution in [0.5, 0.6) is 0 Å². The van der Waals surface area contributed by atoms with Crippen molar-refractivity contribution in [2.75, 3.05) is 41.0 Å². The Hall–Kier alpha value is -3.49. The molecule has 0 heterocycles. The minimum absolute atomic E-state index is 0.0432. The van der Waals surface area contributed by atoms with Crippen molar-refractivity contribution in [3.05, 3.63) is 85.1 Å². The van der Waals surface area contributed by atoms with Crippen LogP contribution in [0.1, 0.15) is 187 Å². The topological polar surface area (TPSA) is 99.1 Å². The molecule has 0 aliphatic rings. The van der Waals surface area contributed by atoms with Gasteiger partial charge in [-0.05, 0) is 32.1 Å². The van der Waals surface area contributed by atoms with Gasteiger partial charge in [0.05, 0.1) is 34.4 Å². The lowest BCUT2D eigenvalue weighted by molar-refractivity contribution is -0.887. The van der Waals surface area contributed by atoms with Crippen molar-refractivity contribution >= 4 is 17.9 Å². The summed E-state index contributed by atoms with van der Waals surface area (Å²) in [6, 6.07) is -0.626. The summed E-state index contributed by atoms with van der Waals surface area (Å²) < 4.78 is 17.3. The number of esters is 2. The van der Waals surface area contributed by atoms with E-state index in [0.717, 1.165) is 51.4 Å². The Morgan fingerprint density at radius 1 is 0.500 bits per heavy atom. The second-order valence-corrected chi connectivity index (χ2v) is 17.5. The van der Waals surface area contributed by atoms with E-state index in [4.69, 9.17) is 14.2 Å². The average Bonchev–Trinajstić information content (AvgIpc) is 3.23. The van der Waals surface area contributed by atoms with Gasteiger partial charge < -0.3 is 23.8 Å². The Kier molecular flexibility index (Phi) is 41.6. The number of carboxylic acid groups (broad SMARTS) is 1. The molecule has 0 radical (unpaired) electrons. The van der Waals surface area contributed by atoms with Gasteiger partial charge in [0.2, 0.25) is 0 Å². The fraction of sp³-hybridized carbons (Fsp3) is 0.685. The minimum Gasteiger partial charge on any atom is -0.477 e. The fourth-order valence-corrected chi connectivity index (χ4v) is 6.96. The summed E-state index contributed by atoms with van der Waals surface area (Å²) in [5, 5.41) is 9.65. The normalized spacial score (nSPS) is 13.6. The maximum Gasteiger partial charge on any atom is 0.362 e. The second kappa shape index (κ2) is 44.1. The van der Waals surface area contributed by atoms with Crippen molar-refractivity contribution in [2.24, 2.45) is 0 Å². The largest absolute Gasteiger partial charge is 0.477 e. The molecule has 0 aliphatic heterocycles. The maximum atomic E-state index is 12.8. The van der Waals surface area contributed by atoms with Crippen molar-refractivity contribution < 1.29 is 38.2 Å². The van der Waals surface area contributed by atoms with Crippen molar-refractivity contribution in [3.63, 3.8) is 0 Å². The van der Waals surface area contributed by atoms with Gasteiger partial charge in [-0.1, -0.05) is 221 Å². The minimum atomic E-state index is -0.883. The third-order valence-electron chi connectivity index (χ3n) is 10.8. The molecule has 0 aromatic heterocycles. The lowest BCUT2D eigenvalue weighted by Crippen LogP contribution is -2.50. The second-order valence-electron chi connectivity index (χ2n) is 17.5. The molecule has 0 aromatic carbocycles. The Morgan fingerprint density at radius 3 is 1.34 bits per heavy atom. The van der Waals surface area contributed by atoms with E-state index >= 15 is 0 Å².